The van der Waals surface area contributed by atoms with Gasteiger partial charge in [-0.05, 0) is 55.3 Å². The molecule has 204 valence electrons. The van der Waals surface area contributed by atoms with Crippen LogP contribution in [0.2, 0.25) is 0 Å². The Labute approximate surface area is 235 Å². The Bertz CT molecular complexity index is 1890. The second-order valence-electron chi connectivity index (χ2n) is 10.1. The molecule has 3 N–H and O–H groups in total. The van der Waals surface area contributed by atoms with E-state index < -0.39 is 6.17 Å². The quantitative estimate of drug-likeness (QED) is 0.263. The predicted octanol–water partition coefficient (Wildman–Crippen LogP) is 5.12. The van der Waals surface area contributed by atoms with E-state index in [1.807, 2.05) is 91.6 Å². The van der Waals surface area contributed by atoms with Crippen LogP contribution >= 0.6 is 0 Å². The van der Waals surface area contributed by atoms with Crippen molar-refractivity contribution in [1.82, 2.24) is 29.8 Å². The van der Waals surface area contributed by atoms with Gasteiger partial charge in [0.2, 0.25) is 11.8 Å². The minimum absolute atomic E-state index is 0.0701. The molecule has 2 atom stereocenters. The van der Waals surface area contributed by atoms with Crippen molar-refractivity contribution in [2.45, 2.75) is 33.0 Å². The monoisotopic (exact) mass is 545 g/mol. The van der Waals surface area contributed by atoms with Crippen molar-refractivity contribution in [3.8, 4) is 22.6 Å². The molecule has 1 amide bonds. The number of hydrogen-bond donors (Lipinski definition) is 3. The highest BCUT2D eigenvalue weighted by atomic mass is 16.4. The van der Waals surface area contributed by atoms with E-state index in [1.165, 1.54) is 6.33 Å². The molecule has 1 aliphatic heterocycles. The van der Waals surface area contributed by atoms with Crippen LogP contribution < -0.4 is 15.6 Å². The SMILES string of the molecule is Cc1nnc(-c2cccc(-c3c[nH]c4ncnc(N[C@@H](C)C5Nn6ccc(C)c6C(=O)N5c5ccccc5)c34)c2)o1. The summed E-state index contributed by atoms with van der Waals surface area (Å²) in [5.74, 6) is 1.54. The minimum Gasteiger partial charge on any atom is -0.421 e. The number of benzene rings is 2. The Kier molecular flexibility index (Phi) is 5.77. The van der Waals surface area contributed by atoms with Gasteiger partial charge >= 0.3 is 0 Å². The largest absolute Gasteiger partial charge is 0.421 e. The molecule has 5 heterocycles. The molecule has 0 aliphatic carbocycles. The zero-order valence-corrected chi connectivity index (χ0v) is 22.7. The third kappa shape index (κ3) is 4.18. The van der Waals surface area contributed by atoms with Crippen LogP contribution in [0, 0.1) is 13.8 Å². The summed E-state index contributed by atoms with van der Waals surface area (Å²) in [5.41, 5.74) is 9.23. The summed E-state index contributed by atoms with van der Waals surface area (Å²) in [4.78, 5) is 28.0. The first-order valence-electron chi connectivity index (χ1n) is 13.3. The summed E-state index contributed by atoms with van der Waals surface area (Å²) < 4.78 is 7.45. The molecular formula is C30H27N9O2. The Morgan fingerprint density at radius 2 is 1.83 bits per heavy atom. The maximum absolute atomic E-state index is 13.8. The summed E-state index contributed by atoms with van der Waals surface area (Å²) in [6.45, 7) is 5.74. The van der Waals surface area contributed by atoms with E-state index in [4.69, 9.17) is 4.42 Å². The molecule has 41 heavy (non-hydrogen) atoms. The standard InChI is InChI=1S/C30H27N9O2/c1-17-12-13-38-25(17)30(40)39(22-10-5-4-6-11-22)28(37-38)18(2)34-27-24-23(15-31-26(24)32-16-33-27)20-8-7-9-21(14-20)29-36-35-19(3)41-29/h4-16,18,28,37H,1-3H3,(H2,31,32,33,34)/t18-,28?/m0/s1. The van der Waals surface area contributed by atoms with Crippen molar-refractivity contribution in [1.29, 1.82) is 0 Å². The minimum atomic E-state index is -0.416. The average Bonchev–Trinajstić information content (AvgIpc) is 3.72. The van der Waals surface area contributed by atoms with E-state index in [2.05, 4.69) is 35.9 Å². The molecule has 11 heteroatoms. The Hall–Kier alpha value is -5.45. The van der Waals surface area contributed by atoms with E-state index in [-0.39, 0.29) is 11.9 Å². The fraction of sp³-hybridized carbons (Fsp3) is 0.167. The number of carbonyl (C=O) groups is 1. The molecule has 0 bridgehead atoms. The van der Waals surface area contributed by atoms with Crippen LogP contribution in [-0.2, 0) is 0 Å². The third-order valence-electron chi connectivity index (χ3n) is 7.35. The Morgan fingerprint density at radius 3 is 2.63 bits per heavy atom. The molecule has 7 rings (SSSR count). The number of anilines is 2. The van der Waals surface area contributed by atoms with Gasteiger partial charge in [-0.3, -0.25) is 14.4 Å². The number of carbonyl (C=O) groups excluding carboxylic acids is 1. The van der Waals surface area contributed by atoms with E-state index >= 15 is 0 Å². The first kappa shape index (κ1) is 24.6. The molecule has 1 unspecified atom stereocenters. The lowest BCUT2D eigenvalue weighted by molar-refractivity contribution is 0.0954. The van der Waals surface area contributed by atoms with Crippen molar-refractivity contribution < 1.29 is 9.21 Å². The van der Waals surface area contributed by atoms with Gasteiger partial charge in [0.15, 0.2) is 0 Å². The Balaban J connectivity index is 1.27. The van der Waals surface area contributed by atoms with E-state index in [9.17, 15) is 4.79 Å². The smallest absolute Gasteiger partial charge is 0.278 e. The van der Waals surface area contributed by atoms with Crippen molar-refractivity contribution in [3.05, 3.63) is 96.5 Å². The van der Waals surface area contributed by atoms with Crippen LogP contribution in [0.15, 0.2) is 83.8 Å². The van der Waals surface area contributed by atoms with Crippen LogP contribution in [0.1, 0.15) is 28.9 Å². The number of H-pyrrole nitrogens is 1. The average molecular weight is 546 g/mol. The zero-order valence-electron chi connectivity index (χ0n) is 22.7. The molecule has 0 saturated carbocycles. The number of amides is 1. The highest BCUT2D eigenvalue weighted by molar-refractivity contribution is 6.08. The number of rotatable bonds is 6. The van der Waals surface area contributed by atoms with Gasteiger partial charge in [0.05, 0.1) is 11.4 Å². The van der Waals surface area contributed by atoms with Gasteiger partial charge in [0, 0.05) is 36.1 Å². The van der Waals surface area contributed by atoms with E-state index in [1.54, 1.807) is 11.8 Å². The first-order valence-corrected chi connectivity index (χ1v) is 13.3. The molecule has 0 fully saturated rings. The van der Waals surface area contributed by atoms with Gasteiger partial charge in [0.25, 0.3) is 5.91 Å². The summed E-state index contributed by atoms with van der Waals surface area (Å²) in [5, 5.41) is 12.5. The van der Waals surface area contributed by atoms with Gasteiger partial charge < -0.3 is 20.1 Å². The summed E-state index contributed by atoms with van der Waals surface area (Å²) in [6, 6.07) is 19.3. The highest BCUT2D eigenvalue weighted by Gasteiger charge is 2.37. The second kappa shape index (κ2) is 9.63. The maximum atomic E-state index is 13.8. The number of nitrogens with one attached hydrogen (secondary N) is 3. The van der Waals surface area contributed by atoms with Gasteiger partial charge in [0.1, 0.15) is 29.7 Å². The molecular weight excluding hydrogens is 518 g/mol. The normalized spacial score (nSPS) is 15.5. The lowest BCUT2D eigenvalue weighted by Gasteiger charge is -2.41. The molecule has 2 aromatic carbocycles. The molecule has 0 radical (unpaired) electrons. The van der Waals surface area contributed by atoms with Crippen molar-refractivity contribution in [3.63, 3.8) is 0 Å². The lowest BCUT2D eigenvalue weighted by atomic mass is 10.0. The zero-order chi connectivity index (χ0) is 28.1. The van der Waals surface area contributed by atoms with E-state index in [0.29, 0.717) is 28.9 Å². The fourth-order valence-corrected chi connectivity index (χ4v) is 5.38. The van der Waals surface area contributed by atoms with Crippen LogP contribution in [0.4, 0.5) is 11.5 Å². The van der Waals surface area contributed by atoms with Crippen molar-refractivity contribution >= 4 is 28.4 Å². The number of aryl methyl sites for hydroxylation is 2. The molecule has 0 saturated heterocycles. The van der Waals surface area contributed by atoms with Crippen LogP contribution in [0.5, 0.6) is 0 Å². The highest BCUT2D eigenvalue weighted by Crippen LogP contribution is 2.35. The maximum Gasteiger partial charge on any atom is 0.278 e. The number of para-hydroxylation sites is 1. The number of aromatic nitrogens is 6. The molecule has 11 nitrogen and oxygen atoms in total. The first-order chi connectivity index (χ1) is 20.0. The van der Waals surface area contributed by atoms with E-state index in [0.717, 1.165) is 33.3 Å². The second-order valence-corrected chi connectivity index (χ2v) is 10.1. The fourth-order valence-electron chi connectivity index (χ4n) is 5.38. The van der Waals surface area contributed by atoms with Crippen LogP contribution in [-0.4, -0.2) is 47.9 Å². The molecule has 6 aromatic rings. The van der Waals surface area contributed by atoms with Crippen LogP contribution in [0.25, 0.3) is 33.6 Å². The van der Waals surface area contributed by atoms with Gasteiger partial charge in [-0.2, -0.15) is 0 Å². The van der Waals surface area contributed by atoms with Gasteiger partial charge in [-0.25, -0.2) is 9.97 Å². The predicted molar refractivity (Wildman–Crippen MR) is 156 cm³/mol. The topological polar surface area (TPSA) is 130 Å². The molecule has 0 spiro atoms. The lowest BCUT2D eigenvalue weighted by Crippen LogP contribution is -2.59. The third-order valence-corrected chi connectivity index (χ3v) is 7.35. The van der Waals surface area contributed by atoms with Gasteiger partial charge in [-0.1, -0.05) is 30.3 Å². The molecule has 4 aromatic heterocycles. The summed E-state index contributed by atoms with van der Waals surface area (Å²) in [7, 11) is 0. The Morgan fingerprint density at radius 1 is 1.00 bits per heavy atom. The number of nitrogens with zero attached hydrogens (tertiary/aromatic N) is 6. The van der Waals surface area contributed by atoms with Crippen molar-refractivity contribution in [2.24, 2.45) is 0 Å². The van der Waals surface area contributed by atoms with Gasteiger partial charge in [-0.15, -0.1) is 10.2 Å². The summed E-state index contributed by atoms with van der Waals surface area (Å²) >= 11 is 0. The number of aromatic amines is 1. The number of fused-ring (bicyclic) bond motifs is 2. The summed E-state index contributed by atoms with van der Waals surface area (Å²) in [6.07, 6.45) is 4.91. The van der Waals surface area contributed by atoms with Crippen molar-refractivity contribution in [2.75, 3.05) is 15.6 Å². The molecule has 1 aliphatic rings. The number of hydrogen-bond acceptors (Lipinski definition) is 8. The van der Waals surface area contributed by atoms with Crippen LogP contribution in [0.3, 0.4) is 0 Å².